The van der Waals surface area contributed by atoms with Crippen LogP contribution in [-0.2, 0) is 0 Å². The fourth-order valence-electron chi connectivity index (χ4n) is 6.22. The molecule has 2 saturated carbocycles. The Labute approximate surface area is 171 Å². The molecule has 0 radical (unpaired) electrons. The molecule has 5 unspecified atom stereocenters. The van der Waals surface area contributed by atoms with E-state index >= 15 is 0 Å². The summed E-state index contributed by atoms with van der Waals surface area (Å²) in [4.78, 5) is 0. The predicted molar refractivity (Wildman–Crippen MR) is 121 cm³/mol. The minimum absolute atomic E-state index is 0.104. The Morgan fingerprint density at radius 2 is 1.44 bits per heavy atom. The van der Waals surface area contributed by atoms with Crippen LogP contribution in [0.4, 0.5) is 0 Å². The summed E-state index contributed by atoms with van der Waals surface area (Å²) in [5, 5.41) is 0. The Kier molecular flexibility index (Phi) is 9.66. The molecule has 0 amide bonds. The molecule has 0 spiro atoms. The lowest BCUT2D eigenvalue weighted by Gasteiger charge is -2.35. The smallest absolute Gasteiger partial charge is 0.0189 e. The third-order valence-electron chi connectivity index (χ3n) is 8.65. The van der Waals surface area contributed by atoms with Crippen molar-refractivity contribution >= 4 is 0 Å². The van der Waals surface area contributed by atoms with Gasteiger partial charge < -0.3 is 5.73 Å². The SMILES string of the molecule is CCCCCCCCC(CC)C1CCCCCCCC(C2(C)CC2(C)N)C1. The molecule has 1 heteroatoms. The van der Waals surface area contributed by atoms with Crippen molar-refractivity contribution < 1.29 is 0 Å². The maximum atomic E-state index is 6.63. The summed E-state index contributed by atoms with van der Waals surface area (Å²) >= 11 is 0. The van der Waals surface area contributed by atoms with Crippen molar-refractivity contribution in [3.63, 3.8) is 0 Å². The molecule has 27 heavy (non-hydrogen) atoms. The standard InChI is InChI=1S/C26H51N/c1-5-7-8-9-11-14-17-22(6-2)23-18-15-12-10-13-16-19-24(20-23)25(3)21-26(25,4)27/h22-24H,5-21,27H2,1-4H3. The number of hydrogen-bond acceptors (Lipinski definition) is 1. The van der Waals surface area contributed by atoms with Crippen molar-refractivity contribution in [3.8, 4) is 0 Å². The first-order chi connectivity index (χ1) is 12.9. The summed E-state index contributed by atoms with van der Waals surface area (Å²) in [6.07, 6.45) is 24.5. The molecule has 0 saturated heterocycles. The highest BCUT2D eigenvalue weighted by Crippen LogP contribution is 2.62. The number of unbranched alkanes of at least 4 members (excludes halogenated alkanes) is 5. The van der Waals surface area contributed by atoms with Crippen LogP contribution in [0.15, 0.2) is 0 Å². The molecule has 0 aromatic rings. The Bertz CT molecular complexity index is 401. The van der Waals surface area contributed by atoms with Crippen LogP contribution >= 0.6 is 0 Å². The Hall–Kier alpha value is -0.0400. The molecule has 1 nitrogen and oxygen atoms in total. The minimum Gasteiger partial charge on any atom is -0.325 e. The lowest BCUT2D eigenvalue weighted by atomic mass is 9.71. The highest BCUT2D eigenvalue weighted by atomic mass is 14.9. The highest BCUT2D eigenvalue weighted by molar-refractivity contribution is 5.17. The molecule has 160 valence electrons. The van der Waals surface area contributed by atoms with E-state index in [1.54, 1.807) is 0 Å². The maximum Gasteiger partial charge on any atom is 0.0189 e. The molecule has 0 aliphatic heterocycles. The molecular weight excluding hydrogens is 326 g/mol. The van der Waals surface area contributed by atoms with Gasteiger partial charge in [0.25, 0.3) is 0 Å². The minimum atomic E-state index is 0.104. The summed E-state index contributed by atoms with van der Waals surface area (Å²) in [6.45, 7) is 9.60. The number of hydrogen-bond donors (Lipinski definition) is 1. The Morgan fingerprint density at radius 1 is 0.852 bits per heavy atom. The normalized spacial score (nSPS) is 36.3. The highest BCUT2D eigenvalue weighted by Gasteiger charge is 2.61. The molecule has 2 fully saturated rings. The van der Waals surface area contributed by atoms with Gasteiger partial charge in [0.1, 0.15) is 0 Å². The molecule has 2 aliphatic rings. The van der Waals surface area contributed by atoms with E-state index in [-0.39, 0.29) is 5.54 Å². The summed E-state index contributed by atoms with van der Waals surface area (Å²) in [7, 11) is 0. The molecule has 0 heterocycles. The summed E-state index contributed by atoms with van der Waals surface area (Å²) in [6, 6.07) is 0. The Balaban J connectivity index is 1.92. The van der Waals surface area contributed by atoms with Crippen molar-refractivity contribution in [2.75, 3.05) is 0 Å². The monoisotopic (exact) mass is 377 g/mol. The first-order valence-electron chi connectivity index (χ1n) is 12.7. The van der Waals surface area contributed by atoms with Crippen LogP contribution in [0.5, 0.6) is 0 Å². The summed E-state index contributed by atoms with van der Waals surface area (Å²) in [5.41, 5.74) is 7.15. The zero-order valence-electron chi connectivity index (χ0n) is 19.3. The first kappa shape index (κ1) is 23.2. The zero-order chi connectivity index (χ0) is 19.8. The Morgan fingerprint density at radius 3 is 2.07 bits per heavy atom. The van der Waals surface area contributed by atoms with Gasteiger partial charge in [-0.1, -0.05) is 111 Å². The van der Waals surface area contributed by atoms with E-state index in [0.717, 1.165) is 17.8 Å². The molecule has 0 aromatic heterocycles. The van der Waals surface area contributed by atoms with Crippen LogP contribution in [0, 0.1) is 23.2 Å². The number of nitrogens with two attached hydrogens (primary N) is 1. The van der Waals surface area contributed by atoms with Gasteiger partial charge in [-0.15, -0.1) is 0 Å². The summed E-state index contributed by atoms with van der Waals surface area (Å²) in [5.74, 6) is 2.79. The van der Waals surface area contributed by atoms with E-state index in [4.69, 9.17) is 5.73 Å². The van der Waals surface area contributed by atoms with E-state index in [1.165, 1.54) is 109 Å². The van der Waals surface area contributed by atoms with Crippen molar-refractivity contribution in [1.29, 1.82) is 0 Å². The molecule has 2 rings (SSSR count). The van der Waals surface area contributed by atoms with Gasteiger partial charge in [0.2, 0.25) is 0 Å². The second-order valence-corrected chi connectivity index (χ2v) is 10.8. The van der Waals surface area contributed by atoms with Gasteiger partial charge in [0.05, 0.1) is 0 Å². The van der Waals surface area contributed by atoms with Gasteiger partial charge in [0, 0.05) is 5.54 Å². The topological polar surface area (TPSA) is 26.0 Å². The van der Waals surface area contributed by atoms with Crippen LogP contribution in [0.25, 0.3) is 0 Å². The zero-order valence-corrected chi connectivity index (χ0v) is 19.3. The summed E-state index contributed by atoms with van der Waals surface area (Å²) < 4.78 is 0. The van der Waals surface area contributed by atoms with Crippen molar-refractivity contribution in [1.82, 2.24) is 0 Å². The van der Waals surface area contributed by atoms with Crippen LogP contribution < -0.4 is 5.73 Å². The van der Waals surface area contributed by atoms with Crippen LogP contribution in [0.2, 0.25) is 0 Å². The van der Waals surface area contributed by atoms with E-state index in [1.807, 2.05) is 0 Å². The molecule has 0 bridgehead atoms. The van der Waals surface area contributed by atoms with Crippen LogP contribution in [0.1, 0.15) is 137 Å². The van der Waals surface area contributed by atoms with Gasteiger partial charge >= 0.3 is 0 Å². The van der Waals surface area contributed by atoms with Crippen molar-refractivity contribution in [2.45, 2.75) is 142 Å². The second-order valence-electron chi connectivity index (χ2n) is 10.8. The lowest BCUT2D eigenvalue weighted by Crippen LogP contribution is -2.32. The average molecular weight is 378 g/mol. The molecular formula is C26H51N. The van der Waals surface area contributed by atoms with Crippen molar-refractivity contribution in [3.05, 3.63) is 0 Å². The third-order valence-corrected chi connectivity index (χ3v) is 8.65. The van der Waals surface area contributed by atoms with E-state index in [0.29, 0.717) is 5.41 Å². The molecule has 2 N–H and O–H groups in total. The van der Waals surface area contributed by atoms with Gasteiger partial charge in [0.15, 0.2) is 0 Å². The van der Waals surface area contributed by atoms with E-state index < -0.39 is 0 Å². The first-order valence-corrected chi connectivity index (χ1v) is 12.7. The van der Waals surface area contributed by atoms with Crippen LogP contribution in [-0.4, -0.2) is 5.54 Å². The average Bonchev–Trinajstić information content (AvgIpc) is 3.17. The molecule has 0 aromatic carbocycles. The quantitative estimate of drug-likeness (QED) is 0.381. The fraction of sp³-hybridized carbons (Fsp3) is 1.00. The number of rotatable bonds is 10. The van der Waals surface area contributed by atoms with Gasteiger partial charge in [-0.3, -0.25) is 0 Å². The van der Waals surface area contributed by atoms with Crippen LogP contribution in [0.3, 0.4) is 0 Å². The van der Waals surface area contributed by atoms with Gasteiger partial charge in [-0.2, -0.15) is 0 Å². The largest absolute Gasteiger partial charge is 0.325 e. The third kappa shape index (κ3) is 6.76. The molecule has 5 atom stereocenters. The van der Waals surface area contributed by atoms with Gasteiger partial charge in [-0.25, -0.2) is 0 Å². The predicted octanol–water partition coefficient (Wildman–Crippen LogP) is 8.26. The molecule has 2 aliphatic carbocycles. The van der Waals surface area contributed by atoms with Gasteiger partial charge in [-0.05, 0) is 49.4 Å². The second kappa shape index (κ2) is 11.2. The lowest BCUT2D eigenvalue weighted by molar-refractivity contribution is 0.159. The maximum absolute atomic E-state index is 6.63. The van der Waals surface area contributed by atoms with E-state index in [2.05, 4.69) is 27.7 Å². The van der Waals surface area contributed by atoms with E-state index in [9.17, 15) is 0 Å². The van der Waals surface area contributed by atoms with Crippen molar-refractivity contribution in [2.24, 2.45) is 28.9 Å². The fourth-order valence-corrected chi connectivity index (χ4v) is 6.22.